The second-order valence-electron chi connectivity index (χ2n) is 5.40. The van der Waals surface area contributed by atoms with Crippen LogP contribution in [0, 0.1) is 5.92 Å². The normalized spacial score (nSPS) is 23.1. The minimum atomic E-state index is -2.88. The minimum absolute atomic E-state index is 0.0433. The highest BCUT2D eigenvalue weighted by Crippen LogP contribution is 2.25. The molecule has 0 spiro atoms. The first-order valence-electron chi connectivity index (χ1n) is 6.78. The third-order valence-electron chi connectivity index (χ3n) is 3.83. The van der Waals surface area contributed by atoms with E-state index in [1.165, 1.54) is 0 Å². The number of fused-ring (bicyclic) bond motifs is 1. The Kier molecular flexibility index (Phi) is 3.41. The highest BCUT2D eigenvalue weighted by atomic mass is 32.2. The summed E-state index contributed by atoms with van der Waals surface area (Å²) < 4.78 is 28.1. The molecule has 1 aromatic rings. The van der Waals surface area contributed by atoms with E-state index in [4.69, 9.17) is 4.74 Å². The van der Waals surface area contributed by atoms with Gasteiger partial charge in [-0.25, -0.2) is 8.42 Å². The van der Waals surface area contributed by atoms with E-state index in [1.807, 2.05) is 12.1 Å². The summed E-state index contributed by atoms with van der Waals surface area (Å²) in [5, 5.41) is 2.83. The summed E-state index contributed by atoms with van der Waals surface area (Å²) in [6, 6.07) is 5.41. The van der Waals surface area contributed by atoms with Crippen molar-refractivity contribution in [1.82, 2.24) is 5.32 Å². The Hall–Kier alpha value is -1.56. The molecule has 1 aromatic carbocycles. The number of amides is 1. The van der Waals surface area contributed by atoms with Crippen molar-refractivity contribution in [1.29, 1.82) is 0 Å². The largest absolute Gasteiger partial charge is 0.493 e. The van der Waals surface area contributed by atoms with Gasteiger partial charge in [0, 0.05) is 18.5 Å². The molecule has 1 fully saturated rings. The number of carbonyl (C=O) groups is 1. The van der Waals surface area contributed by atoms with Gasteiger partial charge in [0.25, 0.3) is 5.91 Å². The average Bonchev–Trinajstić information content (AvgIpc) is 3.01. The molecule has 0 radical (unpaired) electrons. The molecular formula is C14H17NO4S. The number of nitrogens with one attached hydrogen (secondary N) is 1. The lowest BCUT2D eigenvalue weighted by molar-refractivity contribution is 0.0948. The zero-order valence-corrected chi connectivity index (χ0v) is 11.9. The van der Waals surface area contributed by atoms with Crippen LogP contribution in [0.25, 0.3) is 0 Å². The van der Waals surface area contributed by atoms with E-state index in [0.717, 1.165) is 17.7 Å². The molecule has 0 unspecified atom stereocenters. The summed E-state index contributed by atoms with van der Waals surface area (Å²) in [6.07, 6.45) is 1.47. The molecule has 1 N–H and O–H groups in total. The predicted molar refractivity (Wildman–Crippen MR) is 74.7 cm³/mol. The van der Waals surface area contributed by atoms with Gasteiger partial charge in [0.15, 0.2) is 9.84 Å². The maximum absolute atomic E-state index is 12.1. The van der Waals surface area contributed by atoms with Gasteiger partial charge in [0.05, 0.1) is 18.1 Å². The maximum atomic E-state index is 12.1. The summed E-state index contributed by atoms with van der Waals surface area (Å²) in [6.45, 7) is 1.09. The molecule has 5 nitrogen and oxygen atoms in total. The zero-order chi connectivity index (χ0) is 14.2. The monoisotopic (exact) mass is 295 g/mol. The summed E-state index contributed by atoms with van der Waals surface area (Å²) in [7, 11) is -2.88. The molecule has 1 saturated heterocycles. The van der Waals surface area contributed by atoms with Gasteiger partial charge >= 0.3 is 0 Å². The predicted octanol–water partition coefficient (Wildman–Crippen LogP) is 0.786. The summed E-state index contributed by atoms with van der Waals surface area (Å²) in [4.78, 5) is 12.1. The van der Waals surface area contributed by atoms with Crippen molar-refractivity contribution < 1.29 is 17.9 Å². The molecule has 0 saturated carbocycles. The Labute approximate surface area is 118 Å². The number of hydrogen-bond acceptors (Lipinski definition) is 4. The van der Waals surface area contributed by atoms with E-state index in [0.29, 0.717) is 25.1 Å². The SMILES string of the molecule is O=C(NC[C@H]1CCS(=O)(=O)C1)c1ccc2c(c1)CCO2. The molecule has 20 heavy (non-hydrogen) atoms. The molecule has 2 aliphatic rings. The molecule has 1 amide bonds. The standard InChI is InChI=1S/C14H17NO4S/c16-14(15-8-10-4-6-20(17,18)9-10)12-1-2-13-11(7-12)3-5-19-13/h1-2,7,10H,3-6,8-9H2,(H,15,16)/t10-/m1/s1. The highest BCUT2D eigenvalue weighted by molar-refractivity contribution is 7.91. The quantitative estimate of drug-likeness (QED) is 0.894. The second-order valence-corrected chi connectivity index (χ2v) is 7.63. The van der Waals surface area contributed by atoms with Crippen LogP contribution in [-0.2, 0) is 16.3 Å². The van der Waals surface area contributed by atoms with Crippen LogP contribution in [0.15, 0.2) is 18.2 Å². The van der Waals surface area contributed by atoms with Crippen LogP contribution in [-0.4, -0.2) is 39.0 Å². The summed E-state index contributed by atoms with van der Waals surface area (Å²) in [5.74, 6) is 1.17. The fourth-order valence-corrected chi connectivity index (χ4v) is 4.56. The Bertz CT molecular complexity index is 639. The molecular weight excluding hydrogens is 278 g/mol. The van der Waals surface area contributed by atoms with Gasteiger partial charge in [0.2, 0.25) is 0 Å². The van der Waals surface area contributed by atoms with E-state index in [1.54, 1.807) is 6.07 Å². The first-order chi connectivity index (χ1) is 9.53. The van der Waals surface area contributed by atoms with Crippen molar-refractivity contribution in [2.75, 3.05) is 24.7 Å². The molecule has 2 heterocycles. The summed E-state index contributed by atoms with van der Waals surface area (Å²) >= 11 is 0. The number of carbonyl (C=O) groups excluding carboxylic acids is 1. The van der Waals surface area contributed by atoms with E-state index in [9.17, 15) is 13.2 Å². The smallest absolute Gasteiger partial charge is 0.251 e. The Balaban J connectivity index is 1.60. The lowest BCUT2D eigenvalue weighted by Crippen LogP contribution is -2.29. The van der Waals surface area contributed by atoms with Crippen LogP contribution in [0.2, 0.25) is 0 Å². The van der Waals surface area contributed by atoms with E-state index in [-0.39, 0.29) is 23.3 Å². The lowest BCUT2D eigenvalue weighted by atomic mass is 10.1. The third kappa shape index (κ3) is 2.80. The summed E-state index contributed by atoms with van der Waals surface area (Å²) in [5.41, 5.74) is 1.66. The van der Waals surface area contributed by atoms with Crippen molar-refractivity contribution in [3.63, 3.8) is 0 Å². The van der Waals surface area contributed by atoms with Gasteiger partial charge in [0.1, 0.15) is 5.75 Å². The van der Waals surface area contributed by atoms with Gasteiger partial charge < -0.3 is 10.1 Å². The van der Waals surface area contributed by atoms with Gasteiger partial charge in [-0.05, 0) is 36.1 Å². The van der Waals surface area contributed by atoms with Crippen LogP contribution in [0.4, 0.5) is 0 Å². The highest BCUT2D eigenvalue weighted by Gasteiger charge is 2.28. The number of benzene rings is 1. The lowest BCUT2D eigenvalue weighted by Gasteiger charge is -2.10. The van der Waals surface area contributed by atoms with E-state index < -0.39 is 9.84 Å². The number of rotatable bonds is 3. The average molecular weight is 295 g/mol. The zero-order valence-electron chi connectivity index (χ0n) is 11.1. The Morgan fingerprint density at radius 3 is 3.00 bits per heavy atom. The van der Waals surface area contributed by atoms with Crippen LogP contribution in [0.1, 0.15) is 22.3 Å². The van der Waals surface area contributed by atoms with Crippen LogP contribution < -0.4 is 10.1 Å². The minimum Gasteiger partial charge on any atom is -0.493 e. The number of ether oxygens (including phenoxy) is 1. The van der Waals surface area contributed by atoms with E-state index >= 15 is 0 Å². The van der Waals surface area contributed by atoms with Gasteiger partial charge in [-0.2, -0.15) is 0 Å². The second kappa shape index (κ2) is 5.09. The first-order valence-corrected chi connectivity index (χ1v) is 8.60. The van der Waals surface area contributed by atoms with Crippen LogP contribution >= 0.6 is 0 Å². The molecule has 1 atom stereocenters. The van der Waals surface area contributed by atoms with Crippen molar-refractivity contribution in [3.05, 3.63) is 29.3 Å². The maximum Gasteiger partial charge on any atom is 0.251 e. The molecule has 2 aliphatic heterocycles. The van der Waals surface area contributed by atoms with E-state index in [2.05, 4.69) is 5.32 Å². The Morgan fingerprint density at radius 2 is 2.25 bits per heavy atom. The molecule has 0 bridgehead atoms. The van der Waals surface area contributed by atoms with Gasteiger partial charge in [-0.15, -0.1) is 0 Å². The fraction of sp³-hybridized carbons (Fsp3) is 0.500. The van der Waals surface area contributed by atoms with Crippen molar-refractivity contribution in [2.45, 2.75) is 12.8 Å². The topological polar surface area (TPSA) is 72.5 Å². The van der Waals surface area contributed by atoms with Crippen molar-refractivity contribution in [2.24, 2.45) is 5.92 Å². The van der Waals surface area contributed by atoms with Crippen molar-refractivity contribution >= 4 is 15.7 Å². The molecule has 0 aliphatic carbocycles. The van der Waals surface area contributed by atoms with Crippen molar-refractivity contribution in [3.8, 4) is 5.75 Å². The molecule has 108 valence electrons. The van der Waals surface area contributed by atoms with Crippen LogP contribution in [0.3, 0.4) is 0 Å². The van der Waals surface area contributed by atoms with Gasteiger partial charge in [-0.1, -0.05) is 0 Å². The third-order valence-corrected chi connectivity index (χ3v) is 5.67. The molecule has 0 aromatic heterocycles. The number of hydrogen-bond donors (Lipinski definition) is 1. The fourth-order valence-electron chi connectivity index (χ4n) is 2.70. The first kappa shape index (κ1) is 13.4. The molecule has 6 heteroatoms. The van der Waals surface area contributed by atoms with Crippen LogP contribution in [0.5, 0.6) is 5.75 Å². The molecule has 3 rings (SSSR count). The van der Waals surface area contributed by atoms with Gasteiger partial charge in [-0.3, -0.25) is 4.79 Å². The number of sulfone groups is 1. The Morgan fingerprint density at radius 1 is 1.40 bits per heavy atom.